The fourth-order valence-corrected chi connectivity index (χ4v) is 1.86. The number of rotatable bonds is 2. The summed E-state index contributed by atoms with van der Waals surface area (Å²) in [4.78, 5) is 0. The number of nitrogens with two attached hydrogens (primary N) is 1. The standard InChI is InChI=1S/C13H9ClF3N/c14-7-4-5-10(15)9(6-7)13(18)8-2-1-3-11(16)12(8)17/h1-6,13H,18H2. The van der Waals surface area contributed by atoms with Gasteiger partial charge in [-0.2, -0.15) is 0 Å². The quantitative estimate of drug-likeness (QED) is 0.883. The summed E-state index contributed by atoms with van der Waals surface area (Å²) in [5.74, 6) is -2.72. The zero-order chi connectivity index (χ0) is 13.3. The number of benzene rings is 2. The molecule has 2 N–H and O–H groups in total. The molecule has 1 atom stereocenters. The van der Waals surface area contributed by atoms with Gasteiger partial charge in [-0.3, -0.25) is 0 Å². The predicted molar refractivity (Wildman–Crippen MR) is 63.8 cm³/mol. The highest BCUT2D eigenvalue weighted by Gasteiger charge is 2.19. The highest BCUT2D eigenvalue weighted by atomic mass is 35.5. The fourth-order valence-electron chi connectivity index (χ4n) is 1.68. The van der Waals surface area contributed by atoms with Crippen molar-refractivity contribution in [3.63, 3.8) is 0 Å². The van der Waals surface area contributed by atoms with Crippen LogP contribution in [-0.2, 0) is 0 Å². The lowest BCUT2D eigenvalue weighted by Crippen LogP contribution is -2.16. The van der Waals surface area contributed by atoms with E-state index in [1.807, 2.05) is 0 Å². The molecule has 5 heteroatoms. The van der Waals surface area contributed by atoms with E-state index in [-0.39, 0.29) is 16.1 Å². The SMILES string of the molecule is NC(c1cc(Cl)ccc1F)c1cccc(F)c1F. The molecule has 2 aromatic carbocycles. The molecule has 94 valence electrons. The van der Waals surface area contributed by atoms with E-state index in [2.05, 4.69) is 0 Å². The molecular formula is C13H9ClF3N. The Labute approximate surface area is 107 Å². The van der Waals surface area contributed by atoms with Gasteiger partial charge in [0.25, 0.3) is 0 Å². The molecule has 0 radical (unpaired) electrons. The molecule has 0 saturated heterocycles. The Morgan fingerprint density at radius 2 is 1.67 bits per heavy atom. The van der Waals surface area contributed by atoms with Crippen molar-refractivity contribution in [2.45, 2.75) is 6.04 Å². The molecule has 0 aromatic heterocycles. The number of halogens is 4. The van der Waals surface area contributed by atoms with Crippen molar-refractivity contribution >= 4 is 11.6 Å². The molecule has 1 unspecified atom stereocenters. The van der Waals surface area contributed by atoms with Crippen molar-refractivity contribution < 1.29 is 13.2 Å². The molecule has 0 bridgehead atoms. The maximum absolute atomic E-state index is 13.6. The topological polar surface area (TPSA) is 26.0 Å². The molecule has 0 fully saturated rings. The Morgan fingerprint density at radius 3 is 2.39 bits per heavy atom. The van der Waals surface area contributed by atoms with E-state index >= 15 is 0 Å². The highest BCUT2D eigenvalue weighted by molar-refractivity contribution is 6.30. The molecule has 18 heavy (non-hydrogen) atoms. The van der Waals surface area contributed by atoms with Crippen LogP contribution in [0.5, 0.6) is 0 Å². The Morgan fingerprint density at radius 1 is 0.944 bits per heavy atom. The van der Waals surface area contributed by atoms with Gasteiger partial charge in [-0.15, -0.1) is 0 Å². The first-order valence-electron chi connectivity index (χ1n) is 5.15. The highest BCUT2D eigenvalue weighted by Crippen LogP contribution is 2.27. The summed E-state index contributed by atoms with van der Waals surface area (Å²) in [5, 5.41) is 0.277. The summed E-state index contributed by atoms with van der Waals surface area (Å²) in [6.07, 6.45) is 0. The van der Waals surface area contributed by atoms with E-state index < -0.39 is 23.5 Å². The van der Waals surface area contributed by atoms with E-state index in [1.165, 1.54) is 24.3 Å². The summed E-state index contributed by atoms with van der Waals surface area (Å²) < 4.78 is 40.2. The second kappa shape index (κ2) is 5.00. The van der Waals surface area contributed by atoms with Crippen molar-refractivity contribution in [3.05, 3.63) is 70.0 Å². The third-order valence-corrected chi connectivity index (χ3v) is 2.84. The van der Waals surface area contributed by atoms with E-state index in [4.69, 9.17) is 17.3 Å². The molecule has 0 aliphatic heterocycles. The molecule has 0 saturated carbocycles. The first kappa shape index (κ1) is 12.9. The Hall–Kier alpha value is -1.52. The van der Waals surface area contributed by atoms with Crippen LogP contribution in [0.2, 0.25) is 5.02 Å². The maximum atomic E-state index is 13.6. The summed E-state index contributed by atoms with van der Waals surface area (Å²) in [6.45, 7) is 0. The first-order chi connectivity index (χ1) is 8.50. The van der Waals surface area contributed by atoms with Gasteiger partial charge in [-0.25, -0.2) is 13.2 Å². The van der Waals surface area contributed by atoms with Crippen LogP contribution in [0.15, 0.2) is 36.4 Å². The second-order valence-electron chi connectivity index (χ2n) is 3.79. The van der Waals surface area contributed by atoms with E-state index in [1.54, 1.807) is 0 Å². The van der Waals surface area contributed by atoms with Crippen LogP contribution >= 0.6 is 11.6 Å². The summed E-state index contributed by atoms with van der Waals surface area (Å²) >= 11 is 5.73. The zero-order valence-corrected chi connectivity index (χ0v) is 9.89. The van der Waals surface area contributed by atoms with Crippen LogP contribution in [0, 0.1) is 17.5 Å². The summed E-state index contributed by atoms with van der Waals surface area (Å²) in [7, 11) is 0. The molecule has 0 spiro atoms. The maximum Gasteiger partial charge on any atom is 0.163 e. The van der Waals surface area contributed by atoms with Crippen LogP contribution in [0.3, 0.4) is 0 Å². The molecule has 2 aromatic rings. The Kier molecular flexibility index (Phi) is 3.59. The van der Waals surface area contributed by atoms with Crippen molar-refractivity contribution in [2.24, 2.45) is 5.73 Å². The first-order valence-corrected chi connectivity index (χ1v) is 5.53. The van der Waals surface area contributed by atoms with E-state index in [0.717, 1.165) is 12.1 Å². The monoisotopic (exact) mass is 271 g/mol. The molecule has 1 nitrogen and oxygen atoms in total. The van der Waals surface area contributed by atoms with Gasteiger partial charge in [0.05, 0.1) is 6.04 Å². The largest absolute Gasteiger partial charge is 0.320 e. The minimum atomic E-state index is -1.11. The van der Waals surface area contributed by atoms with Gasteiger partial charge in [0.15, 0.2) is 11.6 Å². The normalized spacial score (nSPS) is 12.5. The average molecular weight is 272 g/mol. The molecule has 2 rings (SSSR count). The van der Waals surface area contributed by atoms with Gasteiger partial charge in [0.2, 0.25) is 0 Å². The lowest BCUT2D eigenvalue weighted by atomic mass is 9.98. The minimum Gasteiger partial charge on any atom is -0.320 e. The van der Waals surface area contributed by atoms with Crippen LogP contribution in [-0.4, -0.2) is 0 Å². The average Bonchev–Trinajstić information content (AvgIpc) is 2.35. The number of hydrogen-bond donors (Lipinski definition) is 1. The van der Waals surface area contributed by atoms with Crippen LogP contribution in [0.4, 0.5) is 13.2 Å². The summed E-state index contributed by atoms with van der Waals surface area (Å²) in [5.41, 5.74) is 5.66. The zero-order valence-electron chi connectivity index (χ0n) is 9.13. The second-order valence-corrected chi connectivity index (χ2v) is 4.22. The summed E-state index contributed by atoms with van der Waals surface area (Å²) in [6, 6.07) is 6.27. The van der Waals surface area contributed by atoms with Crippen molar-refractivity contribution in [1.82, 2.24) is 0 Å². The van der Waals surface area contributed by atoms with Crippen LogP contribution in [0.1, 0.15) is 17.2 Å². The van der Waals surface area contributed by atoms with Crippen molar-refractivity contribution in [3.8, 4) is 0 Å². The van der Waals surface area contributed by atoms with Gasteiger partial charge in [-0.1, -0.05) is 23.7 Å². The minimum absolute atomic E-state index is 0.0204. The molecule has 0 amide bonds. The van der Waals surface area contributed by atoms with E-state index in [9.17, 15) is 13.2 Å². The van der Waals surface area contributed by atoms with E-state index in [0.29, 0.717) is 0 Å². The molecule has 0 aliphatic carbocycles. The van der Waals surface area contributed by atoms with Crippen molar-refractivity contribution in [1.29, 1.82) is 0 Å². The van der Waals surface area contributed by atoms with Gasteiger partial charge in [-0.05, 0) is 24.3 Å². The molecular weight excluding hydrogens is 263 g/mol. The fraction of sp³-hybridized carbons (Fsp3) is 0.0769. The van der Waals surface area contributed by atoms with Gasteiger partial charge >= 0.3 is 0 Å². The van der Waals surface area contributed by atoms with Gasteiger partial charge in [0.1, 0.15) is 5.82 Å². The third-order valence-electron chi connectivity index (χ3n) is 2.61. The van der Waals surface area contributed by atoms with Gasteiger partial charge < -0.3 is 5.73 Å². The lowest BCUT2D eigenvalue weighted by Gasteiger charge is -2.14. The third kappa shape index (κ3) is 2.35. The number of hydrogen-bond acceptors (Lipinski definition) is 1. The van der Waals surface area contributed by atoms with Crippen molar-refractivity contribution in [2.75, 3.05) is 0 Å². The smallest absolute Gasteiger partial charge is 0.163 e. The molecule has 0 aliphatic rings. The lowest BCUT2D eigenvalue weighted by molar-refractivity contribution is 0.492. The predicted octanol–water partition coefficient (Wildman–Crippen LogP) is 3.81. The molecule has 0 heterocycles. The van der Waals surface area contributed by atoms with Gasteiger partial charge in [0, 0.05) is 16.1 Å². The van der Waals surface area contributed by atoms with Crippen LogP contribution < -0.4 is 5.73 Å². The van der Waals surface area contributed by atoms with Crippen LogP contribution in [0.25, 0.3) is 0 Å². The Bertz CT molecular complexity index is 584. The Balaban J connectivity index is 2.51.